The minimum absolute atomic E-state index is 0.0522. The van der Waals surface area contributed by atoms with Crippen LogP contribution in [-0.2, 0) is 23.8 Å². The van der Waals surface area contributed by atoms with Crippen LogP contribution in [0.2, 0.25) is 0 Å². The normalized spacial score (nSPS) is 12.1. The molecule has 0 aromatic rings. The fourth-order valence-corrected chi connectivity index (χ4v) is 1.91. The molecule has 25 heavy (non-hydrogen) atoms. The fourth-order valence-electron chi connectivity index (χ4n) is 1.44. The Morgan fingerprint density at radius 2 is 1.00 bits per heavy atom. The zero-order chi connectivity index (χ0) is 19.3. The molecule has 5 nitrogen and oxygen atoms in total. The summed E-state index contributed by atoms with van der Waals surface area (Å²) in [6.45, 7) is 0.858. The highest BCUT2D eigenvalue weighted by Gasteiger charge is 2.20. The van der Waals surface area contributed by atoms with Crippen molar-refractivity contribution in [2.24, 2.45) is 0 Å². The molecule has 0 fully saturated rings. The Kier molecular flexibility index (Phi) is 14.1. The van der Waals surface area contributed by atoms with E-state index in [0.29, 0.717) is 26.1 Å². The molecule has 148 valence electrons. The van der Waals surface area contributed by atoms with Crippen molar-refractivity contribution in [3.05, 3.63) is 0 Å². The van der Waals surface area contributed by atoms with Gasteiger partial charge in [-0.1, -0.05) is 69.6 Å². The average Bonchev–Trinajstić information content (AvgIpc) is 2.43. The quantitative estimate of drug-likeness (QED) is 0.219. The number of halogens is 6. The maximum absolute atomic E-state index is 11.4. The smallest absolute Gasteiger partial charge is 0.305 e. The van der Waals surface area contributed by atoms with Crippen LogP contribution in [0.3, 0.4) is 0 Å². The standard InChI is InChI=1S/C14H20Cl6O5/c15-13(16,17)5-9-24-11(21)3-1-7-23-8-2-4-12(22)25-10-6-14(18,19)20/h1-10H2. The van der Waals surface area contributed by atoms with E-state index in [-0.39, 0.29) is 50.8 Å². The van der Waals surface area contributed by atoms with Gasteiger partial charge in [0.2, 0.25) is 0 Å². The molecule has 0 aromatic heterocycles. The van der Waals surface area contributed by atoms with Gasteiger partial charge in [0, 0.05) is 38.9 Å². The van der Waals surface area contributed by atoms with Gasteiger partial charge in [-0.05, 0) is 12.8 Å². The van der Waals surface area contributed by atoms with Crippen molar-refractivity contribution in [3.63, 3.8) is 0 Å². The third-order valence-electron chi connectivity index (χ3n) is 2.64. The fraction of sp³-hybridized carbons (Fsp3) is 0.857. The van der Waals surface area contributed by atoms with Crippen molar-refractivity contribution in [2.75, 3.05) is 26.4 Å². The summed E-state index contributed by atoms with van der Waals surface area (Å²) in [7, 11) is 0. The summed E-state index contributed by atoms with van der Waals surface area (Å²) in [5.74, 6) is -0.759. The van der Waals surface area contributed by atoms with Crippen LogP contribution in [0.25, 0.3) is 0 Å². The summed E-state index contributed by atoms with van der Waals surface area (Å²) in [6, 6.07) is 0. The second-order valence-electron chi connectivity index (χ2n) is 4.99. The van der Waals surface area contributed by atoms with Crippen LogP contribution < -0.4 is 0 Å². The Morgan fingerprint density at radius 3 is 1.32 bits per heavy atom. The van der Waals surface area contributed by atoms with E-state index in [1.54, 1.807) is 0 Å². The predicted molar refractivity (Wildman–Crippen MR) is 101 cm³/mol. The maximum Gasteiger partial charge on any atom is 0.305 e. The first-order valence-corrected chi connectivity index (χ1v) is 9.79. The van der Waals surface area contributed by atoms with E-state index in [2.05, 4.69) is 0 Å². The highest BCUT2D eigenvalue weighted by Crippen LogP contribution is 2.30. The van der Waals surface area contributed by atoms with Crippen LogP contribution in [0, 0.1) is 0 Å². The van der Waals surface area contributed by atoms with Crippen molar-refractivity contribution in [3.8, 4) is 0 Å². The lowest BCUT2D eigenvalue weighted by atomic mass is 10.3. The Labute approximate surface area is 177 Å². The van der Waals surface area contributed by atoms with E-state index < -0.39 is 7.59 Å². The number of hydrogen-bond acceptors (Lipinski definition) is 5. The average molecular weight is 481 g/mol. The Balaban J connectivity index is 3.43. The molecule has 0 aromatic carbocycles. The molecule has 0 bridgehead atoms. The van der Waals surface area contributed by atoms with Crippen LogP contribution in [0.4, 0.5) is 0 Å². The molecule has 0 atom stereocenters. The van der Waals surface area contributed by atoms with Crippen LogP contribution in [0.1, 0.15) is 38.5 Å². The van der Waals surface area contributed by atoms with Crippen LogP contribution in [0.15, 0.2) is 0 Å². The molecular weight excluding hydrogens is 461 g/mol. The second kappa shape index (κ2) is 13.8. The predicted octanol–water partition coefficient (Wildman–Crippen LogP) is 5.17. The van der Waals surface area contributed by atoms with E-state index in [1.165, 1.54) is 0 Å². The molecule has 0 N–H and O–H groups in total. The SMILES string of the molecule is O=C(CCCOCCCC(=O)OCCC(Cl)(Cl)Cl)OCCC(Cl)(Cl)Cl. The molecule has 0 amide bonds. The number of carbonyl (C=O) groups excluding carboxylic acids is 2. The van der Waals surface area contributed by atoms with Gasteiger partial charge >= 0.3 is 11.9 Å². The third kappa shape index (κ3) is 20.8. The van der Waals surface area contributed by atoms with Crippen molar-refractivity contribution in [1.29, 1.82) is 0 Å². The maximum atomic E-state index is 11.4. The van der Waals surface area contributed by atoms with Gasteiger partial charge in [-0.3, -0.25) is 9.59 Å². The van der Waals surface area contributed by atoms with Crippen LogP contribution in [0.5, 0.6) is 0 Å². The molecule has 0 aliphatic rings. The van der Waals surface area contributed by atoms with Crippen molar-refractivity contribution < 1.29 is 23.8 Å². The van der Waals surface area contributed by atoms with E-state index in [4.69, 9.17) is 83.8 Å². The van der Waals surface area contributed by atoms with Gasteiger partial charge in [-0.25, -0.2) is 0 Å². The van der Waals surface area contributed by atoms with Crippen molar-refractivity contribution in [2.45, 2.75) is 46.1 Å². The summed E-state index contributed by atoms with van der Waals surface area (Å²) < 4.78 is 12.3. The minimum Gasteiger partial charge on any atom is -0.466 e. The largest absolute Gasteiger partial charge is 0.466 e. The lowest BCUT2D eigenvalue weighted by Gasteiger charge is -2.11. The number of carbonyl (C=O) groups is 2. The first kappa shape index (κ1) is 25.6. The van der Waals surface area contributed by atoms with Gasteiger partial charge < -0.3 is 14.2 Å². The number of ether oxygens (including phenoxy) is 3. The van der Waals surface area contributed by atoms with E-state index >= 15 is 0 Å². The highest BCUT2D eigenvalue weighted by molar-refractivity contribution is 6.67. The molecule has 0 saturated carbocycles. The van der Waals surface area contributed by atoms with Crippen molar-refractivity contribution >= 4 is 81.5 Å². The third-order valence-corrected chi connectivity index (χ3v) is 3.77. The molecular formula is C14H20Cl6O5. The lowest BCUT2D eigenvalue weighted by molar-refractivity contribution is -0.144. The van der Waals surface area contributed by atoms with E-state index in [0.717, 1.165) is 0 Å². The van der Waals surface area contributed by atoms with Gasteiger partial charge in [0.05, 0.1) is 13.2 Å². The molecule has 0 aliphatic heterocycles. The van der Waals surface area contributed by atoms with Gasteiger partial charge in [-0.2, -0.15) is 0 Å². The van der Waals surface area contributed by atoms with E-state index in [9.17, 15) is 9.59 Å². The van der Waals surface area contributed by atoms with Gasteiger partial charge in [-0.15, -0.1) is 0 Å². The Morgan fingerprint density at radius 1 is 0.640 bits per heavy atom. The van der Waals surface area contributed by atoms with Crippen molar-refractivity contribution in [1.82, 2.24) is 0 Å². The molecule has 0 rings (SSSR count). The Bertz CT molecular complexity index is 358. The summed E-state index contributed by atoms with van der Waals surface area (Å²) in [5, 5.41) is 0. The van der Waals surface area contributed by atoms with Gasteiger partial charge in [0.25, 0.3) is 0 Å². The van der Waals surface area contributed by atoms with Crippen LogP contribution >= 0.6 is 69.6 Å². The minimum atomic E-state index is -1.43. The molecule has 0 heterocycles. The zero-order valence-electron chi connectivity index (χ0n) is 13.4. The summed E-state index contributed by atoms with van der Waals surface area (Å²) in [5.41, 5.74) is 0. The number of esters is 2. The van der Waals surface area contributed by atoms with E-state index in [1.807, 2.05) is 0 Å². The second-order valence-corrected chi connectivity index (χ2v) is 10.0. The molecule has 0 aliphatic carbocycles. The summed E-state index contributed by atoms with van der Waals surface area (Å²) >= 11 is 33.2. The monoisotopic (exact) mass is 478 g/mol. The molecule has 0 saturated heterocycles. The zero-order valence-corrected chi connectivity index (χ0v) is 17.9. The van der Waals surface area contributed by atoms with Gasteiger partial charge in [0.1, 0.15) is 0 Å². The molecule has 0 spiro atoms. The molecule has 0 radical (unpaired) electrons. The number of alkyl halides is 6. The lowest BCUT2D eigenvalue weighted by Crippen LogP contribution is -2.13. The number of rotatable bonds is 12. The molecule has 11 heteroatoms. The highest BCUT2D eigenvalue weighted by atomic mass is 35.6. The Hall–Kier alpha value is 0.640. The van der Waals surface area contributed by atoms with Gasteiger partial charge in [0.15, 0.2) is 7.59 Å². The summed E-state index contributed by atoms with van der Waals surface area (Å²) in [6.07, 6.45) is 1.69. The first-order valence-electron chi connectivity index (χ1n) is 7.52. The van der Waals surface area contributed by atoms with Crippen LogP contribution in [-0.4, -0.2) is 46.0 Å². The summed E-state index contributed by atoms with van der Waals surface area (Å²) in [4.78, 5) is 22.8. The first-order chi connectivity index (χ1) is 11.5. The topological polar surface area (TPSA) is 61.8 Å². The molecule has 0 unspecified atom stereocenters. The number of hydrogen-bond donors (Lipinski definition) is 0.